The van der Waals surface area contributed by atoms with Crippen molar-refractivity contribution in [3.63, 3.8) is 0 Å². The zero-order valence-electron chi connectivity index (χ0n) is 9.46. The second kappa shape index (κ2) is 13.7. The number of carbonyl (C=O) groups is 2. The minimum absolute atomic E-state index is 0. The minimum Gasteiger partial charge on any atom is -0.450 e. The van der Waals surface area contributed by atoms with Gasteiger partial charge >= 0.3 is 6.16 Å². The van der Waals surface area contributed by atoms with Gasteiger partial charge in [0.2, 0.25) is 0 Å². The maximum Gasteiger partial charge on any atom is 0.503 e. The molecule has 0 aliphatic carbocycles. The first-order valence-corrected chi connectivity index (χ1v) is 3.98. The lowest BCUT2D eigenvalue weighted by Crippen LogP contribution is -2.46. The molecule has 0 saturated heterocycles. The number of aldehydes is 1. The van der Waals surface area contributed by atoms with Crippen LogP contribution in [0.3, 0.4) is 0 Å². The Hall–Kier alpha value is -1.34. The summed E-state index contributed by atoms with van der Waals surface area (Å²) in [5, 5.41) is 57.5. The molecular formula is C7H20N2O9. The van der Waals surface area contributed by atoms with Crippen molar-refractivity contribution >= 4 is 12.4 Å². The molecule has 0 spiro atoms. The molecule has 18 heavy (non-hydrogen) atoms. The molecule has 0 fully saturated rings. The summed E-state index contributed by atoms with van der Waals surface area (Å²) in [5.41, 5.74) is 0. The Kier molecular flexibility index (Phi) is 19.4. The number of rotatable bonds is 5. The maximum atomic E-state index is 9.90. The quantitative estimate of drug-likeness (QED) is 0.231. The van der Waals surface area contributed by atoms with Gasteiger partial charge in [-0.2, -0.15) is 0 Å². The van der Waals surface area contributed by atoms with Gasteiger partial charge in [0.1, 0.15) is 24.4 Å². The lowest BCUT2D eigenvalue weighted by Gasteiger charge is -2.22. The van der Waals surface area contributed by atoms with E-state index in [1.54, 1.807) is 0 Å². The zero-order valence-corrected chi connectivity index (χ0v) is 9.46. The Labute approximate surface area is 102 Å². The Balaban J connectivity index is -0.000000143. The van der Waals surface area contributed by atoms with E-state index in [4.69, 9.17) is 40.5 Å². The van der Waals surface area contributed by atoms with Crippen LogP contribution in [0.1, 0.15) is 0 Å². The highest BCUT2D eigenvalue weighted by Gasteiger charge is 2.29. The summed E-state index contributed by atoms with van der Waals surface area (Å²) in [5.74, 6) is 0. The Morgan fingerprint density at radius 1 is 1.00 bits per heavy atom. The molecule has 0 heterocycles. The normalized spacial score (nSPS) is 15.4. The van der Waals surface area contributed by atoms with Crippen LogP contribution in [0.5, 0.6) is 0 Å². The van der Waals surface area contributed by atoms with Crippen LogP contribution in [-0.2, 0) is 4.79 Å². The van der Waals surface area contributed by atoms with Gasteiger partial charge in [-0.25, -0.2) is 4.79 Å². The molecule has 4 unspecified atom stereocenters. The van der Waals surface area contributed by atoms with Crippen molar-refractivity contribution in [3.8, 4) is 0 Å². The summed E-state index contributed by atoms with van der Waals surface area (Å²) >= 11 is 0. The molecule has 112 valence electrons. The fourth-order valence-electron chi connectivity index (χ4n) is 0.618. The number of carbonyl (C=O) groups excluding carboxylic acids is 1. The van der Waals surface area contributed by atoms with Crippen LogP contribution in [-0.4, -0.2) is 79.2 Å². The first-order valence-electron chi connectivity index (χ1n) is 3.98. The summed E-state index contributed by atoms with van der Waals surface area (Å²) in [6.07, 6.45) is -8.67. The smallest absolute Gasteiger partial charge is 0.450 e. The summed E-state index contributed by atoms with van der Waals surface area (Å²) in [6, 6.07) is 0. The Morgan fingerprint density at radius 2 is 1.33 bits per heavy atom. The van der Waals surface area contributed by atoms with Gasteiger partial charge in [-0.3, -0.25) is 0 Å². The van der Waals surface area contributed by atoms with Gasteiger partial charge in [0, 0.05) is 0 Å². The third-order valence-electron chi connectivity index (χ3n) is 1.42. The highest BCUT2D eigenvalue weighted by atomic mass is 16.6. The third-order valence-corrected chi connectivity index (χ3v) is 1.42. The molecule has 0 amide bonds. The first kappa shape index (κ1) is 25.5. The number of aliphatic hydroxyl groups is 5. The topological polar surface area (TPSA) is 246 Å². The van der Waals surface area contributed by atoms with Crippen molar-refractivity contribution < 1.29 is 45.3 Å². The predicted octanol–water partition coefficient (Wildman–Crippen LogP) is -2.83. The number of aliphatic hydroxyl groups excluding tert-OH is 5. The van der Waals surface area contributed by atoms with Crippen LogP contribution in [0.15, 0.2) is 0 Å². The van der Waals surface area contributed by atoms with E-state index < -0.39 is 37.2 Å². The number of hydrogen-bond acceptors (Lipinski definition) is 9. The SMILES string of the molecule is N.N.O=C(O)O.O=CC(O)C(O)C(O)C(O)CO. The van der Waals surface area contributed by atoms with Crippen LogP contribution >= 0.6 is 0 Å². The Bertz CT molecular complexity index is 211. The van der Waals surface area contributed by atoms with E-state index in [1.165, 1.54) is 0 Å². The first-order chi connectivity index (χ1) is 7.27. The highest BCUT2D eigenvalue weighted by Crippen LogP contribution is 2.02. The van der Waals surface area contributed by atoms with E-state index in [-0.39, 0.29) is 18.6 Å². The fourth-order valence-corrected chi connectivity index (χ4v) is 0.618. The minimum atomic E-state index is -1.83. The van der Waals surface area contributed by atoms with Crippen molar-refractivity contribution in [3.05, 3.63) is 0 Å². The van der Waals surface area contributed by atoms with E-state index in [2.05, 4.69) is 0 Å². The van der Waals surface area contributed by atoms with Crippen molar-refractivity contribution in [2.24, 2.45) is 0 Å². The van der Waals surface area contributed by atoms with Crippen LogP contribution in [0, 0.1) is 0 Å². The third kappa shape index (κ3) is 12.7. The second-order valence-corrected chi connectivity index (χ2v) is 2.64. The average Bonchev–Trinajstić information content (AvgIpc) is 2.24. The molecular weight excluding hydrogens is 256 g/mol. The van der Waals surface area contributed by atoms with Gasteiger partial charge in [-0.05, 0) is 0 Å². The van der Waals surface area contributed by atoms with E-state index >= 15 is 0 Å². The predicted molar refractivity (Wildman–Crippen MR) is 57.9 cm³/mol. The standard InChI is InChI=1S/C6H12O6.CH2O3.2H3N/c7-1-3(9)5(11)6(12)4(10)2-8;2-1(3)4;;/h1,3-6,8-12H,2H2;(H2,2,3,4);2*1H3. The molecule has 0 aliphatic rings. The molecule has 0 bridgehead atoms. The van der Waals surface area contributed by atoms with Crippen molar-refractivity contribution in [2.45, 2.75) is 24.4 Å². The number of carboxylic acid groups (broad SMARTS) is 2. The molecule has 0 aromatic carbocycles. The largest absolute Gasteiger partial charge is 0.503 e. The second-order valence-electron chi connectivity index (χ2n) is 2.64. The van der Waals surface area contributed by atoms with Gasteiger partial charge in [-0.1, -0.05) is 0 Å². The van der Waals surface area contributed by atoms with Crippen molar-refractivity contribution in [1.29, 1.82) is 0 Å². The summed E-state index contributed by atoms with van der Waals surface area (Å²) in [7, 11) is 0. The molecule has 4 atom stereocenters. The lowest BCUT2D eigenvalue weighted by atomic mass is 10.0. The Morgan fingerprint density at radius 3 is 1.56 bits per heavy atom. The van der Waals surface area contributed by atoms with Crippen molar-refractivity contribution in [2.75, 3.05) is 6.61 Å². The van der Waals surface area contributed by atoms with Crippen LogP contribution < -0.4 is 12.3 Å². The molecule has 11 heteroatoms. The molecule has 0 radical (unpaired) electrons. The molecule has 0 rings (SSSR count). The average molecular weight is 276 g/mol. The molecule has 0 aliphatic heterocycles. The van der Waals surface area contributed by atoms with Crippen LogP contribution in [0.2, 0.25) is 0 Å². The maximum absolute atomic E-state index is 9.90. The van der Waals surface area contributed by atoms with E-state index in [1.807, 2.05) is 0 Å². The van der Waals surface area contributed by atoms with Gasteiger partial charge in [-0.15, -0.1) is 0 Å². The summed E-state index contributed by atoms with van der Waals surface area (Å²) in [6.45, 7) is -0.760. The highest BCUT2D eigenvalue weighted by molar-refractivity contribution is 5.56. The van der Waals surface area contributed by atoms with Gasteiger partial charge in [0.15, 0.2) is 6.29 Å². The van der Waals surface area contributed by atoms with Gasteiger partial charge in [0.05, 0.1) is 6.61 Å². The molecule has 11 nitrogen and oxygen atoms in total. The molecule has 0 aromatic rings. The molecule has 0 saturated carbocycles. The van der Waals surface area contributed by atoms with E-state index in [0.29, 0.717) is 0 Å². The van der Waals surface area contributed by atoms with E-state index in [0.717, 1.165) is 0 Å². The monoisotopic (exact) mass is 276 g/mol. The van der Waals surface area contributed by atoms with E-state index in [9.17, 15) is 4.79 Å². The zero-order chi connectivity index (χ0) is 13.3. The fraction of sp³-hybridized carbons (Fsp3) is 0.714. The number of hydrogen-bond donors (Lipinski definition) is 9. The molecule has 0 aromatic heterocycles. The lowest BCUT2D eigenvalue weighted by molar-refractivity contribution is -0.136. The van der Waals surface area contributed by atoms with Gasteiger partial charge in [0.25, 0.3) is 0 Å². The van der Waals surface area contributed by atoms with Crippen molar-refractivity contribution in [1.82, 2.24) is 12.3 Å². The van der Waals surface area contributed by atoms with Crippen LogP contribution in [0.4, 0.5) is 4.79 Å². The summed E-state index contributed by atoms with van der Waals surface area (Å²) < 4.78 is 0. The molecule has 13 N–H and O–H groups in total. The van der Waals surface area contributed by atoms with Gasteiger partial charge < -0.3 is 52.8 Å². The van der Waals surface area contributed by atoms with Crippen LogP contribution in [0.25, 0.3) is 0 Å². The summed E-state index contributed by atoms with van der Waals surface area (Å²) in [4.78, 5) is 18.5.